The Kier molecular flexibility index (Phi) is 80.8. The van der Waals surface area contributed by atoms with Crippen LogP contribution in [0.4, 0.5) is 0 Å². The van der Waals surface area contributed by atoms with Gasteiger partial charge in [-0.3, -0.25) is 0 Å². The number of hydrogen-bond acceptors (Lipinski definition) is 0. The molecule has 0 saturated heterocycles. The zero-order chi connectivity index (χ0) is 21.0. The van der Waals surface area contributed by atoms with Gasteiger partial charge in [-0.2, -0.15) is 0 Å². The van der Waals surface area contributed by atoms with Crippen LogP contribution in [0.2, 0.25) is 0 Å². The molecule has 0 N–H and O–H groups in total. The van der Waals surface area contributed by atoms with Crippen LogP contribution in [0.15, 0.2) is 0 Å². The standard InChI is InChI=1S/3C5H12.C4H10.C3H8.C2H6/c3*1-4-5(2)3;1-3-4-2;1-3-2;1-2/h3*5H,4H2,1-3H3;3-4H2,1-2H3;3H2,1-2H3;1-2H3. The third-order valence-corrected chi connectivity index (χ3v) is 2.95. The smallest absolute Gasteiger partial charge is 0.0474 e. The van der Waals surface area contributed by atoms with Crippen LogP contribution in [0.3, 0.4) is 0 Å². The summed E-state index contributed by atoms with van der Waals surface area (Å²) in [6, 6.07) is 0. The van der Waals surface area contributed by atoms with E-state index in [4.69, 9.17) is 0 Å². The van der Waals surface area contributed by atoms with Crippen molar-refractivity contribution in [1.82, 2.24) is 0 Å². The lowest BCUT2D eigenvalue weighted by Crippen LogP contribution is -1.77. The van der Waals surface area contributed by atoms with Crippen molar-refractivity contribution in [3.05, 3.63) is 0 Å². The third-order valence-electron chi connectivity index (χ3n) is 2.95. The summed E-state index contributed by atoms with van der Waals surface area (Å²) in [6.45, 7) is 32.5. The van der Waals surface area contributed by atoms with Gasteiger partial charge in [-0.05, 0) is 17.8 Å². The van der Waals surface area contributed by atoms with Gasteiger partial charge in [-0.25, -0.2) is 0 Å². The van der Waals surface area contributed by atoms with Gasteiger partial charge in [0.05, 0.1) is 0 Å². The zero-order valence-electron chi connectivity index (χ0n) is 21.0. The molecule has 0 rings (SSSR count). The van der Waals surface area contributed by atoms with E-state index in [-0.39, 0.29) is 0 Å². The minimum Gasteiger partial charge on any atom is -0.0683 e. The highest BCUT2D eigenvalue weighted by Crippen LogP contribution is 1.94. The first-order valence-corrected chi connectivity index (χ1v) is 11.1. The van der Waals surface area contributed by atoms with Crippen molar-refractivity contribution in [3.63, 3.8) is 0 Å². The largest absolute Gasteiger partial charge is 0.0683 e. The maximum atomic E-state index is 2.22. The fourth-order valence-corrected chi connectivity index (χ4v) is 0. The van der Waals surface area contributed by atoms with Gasteiger partial charge in [-0.1, -0.05) is 142 Å². The van der Waals surface area contributed by atoms with Gasteiger partial charge in [0.2, 0.25) is 0 Å². The first kappa shape index (κ1) is 39.2. The predicted molar refractivity (Wildman–Crippen MR) is 123 cm³/mol. The second-order valence-corrected chi connectivity index (χ2v) is 7.11. The lowest BCUT2D eigenvalue weighted by Gasteiger charge is -1.90. The molecule has 0 heterocycles. The predicted octanol–water partition coefficient (Wildman–Crippen LogP) is 10.4. The van der Waals surface area contributed by atoms with Gasteiger partial charge in [0.1, 0.15) is 0 Å². The molecule has 0 aliphatic rings. The summed E-state index contributed by atoms with van der Waals surface area (Å²) in [5, 5.41) is 0. The first-order valence-electron chi connectivity index (χ1n) is 11.1. The molecule has 0 aliphatic heterocycles. The molecule has 0 unspecified atom stereocenters. The van der Waals surface area contributed by atoms with E-state index in [2.05, 4.69) is 90.0 Å². The number of unbranched alkanes of at least 4 members (excludes halogenated alkanes) is 1. The molecule has 156 valence electrons. The van der Waals surface area contributed by atoms with Gasteiger partial charge < -0.3 is 0 Å². The van der Waals surface area contributed by atoms with Crippen molar-refractivity contribution < 1.29 is 0 Å². The Bertz CT molecular complexity index is 90.2. The Labute approximate surface area is 160 Å². The molecular formula is C24H60. The number of rotatable bonds is 4. The van der Waals surface area contributed by atoms with Crippen molar-refractivity contribution in [3.8, 4) is 0 Å². The van der Waals surface area contributed by atoms with Gasteiger partial charge in [0.25, 0.3) is 0 Å². The van der Waals surface area contributed by atoms with Gasteiger partial charge in [0, 0.05) is 0 Å². The van der Waals surface area contributed by atoms with Gasteiger partial charge in [0.15, 0.2) is 0 Å². The molecule has 0 radical (unpaired) electrons. The van der Waals surface area contributed by atoms with Crippen LogP contribution in [0.25, 0.3) is 0 Å². The van der Waals surface area contributed by atoms with E-state index in [1.807, 2.05) is 13.8 Å². The first-order chi connectivity index (χ1) is 11.1. The average Bonchev–Trinajstić information content (AvgIpc) is 2.58. The summed E-state index contributed by atoms with van der Waals surface area (Å²) in [4.78, 5) is 0. The molecule has 0 fully saturated rings. The lowest BCUT2D eigenvalue weighted by atomic mass is 10.2. The molecule has 0 aromatic rings. The minimum absolute atomic E-state index is 0.884. The Hall–Kier alpha value is 0. The zero-order valence-corrected chi connectivity index (χ0v) is 21.0. The molecule has 0 spiro atoms. The Morgan fingerprint density at radius 3 is 0.500 bits per heavy atom. The molecule has 24 heavy (non-hydrogen) atoms. The van der Waals surface area contributed by atoms with Crippen LogP contribution < -0.4 is 0 Å². The normalized spacial score (nSPS) is 8.25. The second kappa shape index (κ2) is 49.5. The highest BCUT2D eigenvalue weighted by atomic mass is 13.9. The molecule has 0 saturated carbocycles. The summed E-state index contributed by atoms with van der Waals surface area (Å²) in [5.74, 6) is 2.65. The molecule has 0 atom stereocenters. The lowest BCUT2D eigenvalue weighted by molar-refractivity contribution is 0.626. The second-order valence-electron chi connectivity index (χ2n) is 7.11. The summed E-state index contributed by atoms with van der Waals surface area (Å²) in [5.41, 5.74) is 0. The van der Waals surface area contributed by atoms with Gasteiger partial charge in [-0.15, -0.1) is 0 Å². The van der Waals surface area contributed by atoms with Crippen LogP contribution in [0.1, 0.15) is 142 Å². The molecule has 0 aromatic carbocycles. The third kappa shape index (κ3) is 198. The molecule has 0 heteroatoms. The van der Waals surface area contributed by atoms with E-state index in [1.54, 1.807) is 0 Å². The fraction of sp³-hybridized carbons (Fsp3) is 1.00. The van der Waals surface area contributed by atoms with E-state index < -0.39 is 0 Å². The highest BCUT2D eigenvalue weighted by molar-refractivity contribution is 4.33. The quantitative estimate of drug-likeness (QED) is 0.474. The van der Waals surface area contributed by atoms with E-state index in [0.29, 0.717) is 0 Å². The van der Waals surface area contributed by atoms with Crippen LogP contribution in [0, 0.1) is 17.8 Å². The maximum absolute atomic E-state index is 2.22. The molecule has 0 aromatic heterocycles. The van der Waals surface area contributed by atoms with Gasteiger partial charge >= 0.3 is 0 Å². The summed E-state index contributed by atoms with van der Waals surface area (Å²) < 4.78 is 0. The minimum atomic E-state index is 0.884. The summed E-state index contributed by atoms with van der Waals surface area (Å²) in [7, 11) is 0. The molecule has 0 bridgehead atoms. The van der Waals surface area contributed by atoms with E-state index in [0.717, 1.165) is 17.8 Å². The van der Waals surface area contributed by atoms with Crippen molar-refractivity contribution in [1.29, 1.82) is 0 Å². The Morgan fingerprint density at radius 1 is 0.417 bits per heavy atom. The number of hydrogen-bond donors (Lipinski definition) is 0. The average molecular weight is 349 g/mol. The molecule has 0 aliphatic carbocycles. The summed E-state index contributed by atoms with van der Waals surface area (Å²) in [6.07, 6.45) is 7.81. The Morgan fingerprint density at radius 2 is 0.500 bits per heavy atom. The topological polar surface area (TPSA) is 0 Å². The van der Waals surface area contributed by atoms with Crippen molar-refractivity contribution in [2.45, 2.75) is 142 Å². The monoisotopic (exact) mass is 348 g/mol. The SMILES string of the molecule is CC.CCC.CCC(C)C.CCC(C)C.CCC(C)C.CCCC. The van der Waals surface area contributed by atoms with E-state index in [9.17, 15) is 0 Å². The maximum Gasteiger partial charge on any atom is -0.0474 e. The van der Waals surface area contributed by atoms with Crippen molar-refractivity contribution in [2.75, 3.05) is 0 Å². The molecular weight excluding hydrogens is 288 g/mol. The van der Waals surface area contributed by atoms with Crippen molar-refractivity contribution in [2.24, 2.45) is 17.8 Å². The fourth-order valence-electron chi connectivity index (χ4n) is 0. The van der Waals surface area contributed by atoms with Crippen LogP contribution >= 0.6 is 0 Å². The van der Waals surface area contributed by atoms with E-state index in [1.165, 1.54) is 38.5 Å². The van der Waals surface area contributed by atoms with Crippen LogP contribution in [0.5, 0.6) is 0 Å². The molecule has 0 nitrogen and oxygen atoms in total. The van der Waals surface area contributed by atoms with Crippen LogP contribution in [-0.2, 0) is 0 Å². The van der Waals surface area contributed by atoms with Crippen molar-refractivity contribution >= 4 is 0 Å². The van der Waals surface area contributed by atoms with E-state index >= 15 is 0 Å². The summed E-state index contributed by atoms with van der Waals surface area (Å²) >= 11 is 0. The highest BCUT2D eigenvalue weighted by Gasteiger charge is 1.80. The van der Waals surface area contributed by atoms with Crippen LogP contribution in [-0.4, -0.2) is 0 Å². The Balaban J connectivity index is -0.0000000415. The molecule has 0 amide bonds.